The lowest BCUT2D eigenvalue weighted by Gasteiger charge is -2.32. The van der Waals surface area contributed by atoms with Gasteiger partial charge in [-0.15, -0.1) is 0 Å². The van der Waals surface area contributed by atoms with Crippen molar-refractivity contribution in [1.29, 1.82) is 0 Å². The molecule has 168 valence electrons. The summed E-state index contributed by atoms with van der Waals surface area (Å²) in [5.41, 5.74) is -2.94. The maximum absolute atomic E-state index is 13.9. The monoisotopic (exact) mass is 447 g/mol. The number of piperidine rings is 1. The number of alkyl halides is 3. The molecule has 4 heterocycles. The quantitative estimate of drug-likeness (QED) is 0.600. The van der Waals surface area contributed by atoms with Crippen molar-refractivity contribution < 1.29 is 18.0 Å². The number of rotatable bonds is 2. The second kappa shape index (κ2) is 7.88. The molecule has 1 fully saturated rings. The number of likely N-dealkylation sites (tertiary alicyclic amines) is 1. The van der Waals surface area contributed by atoms with Crippen LogP contribution < -0.4 is 11.2 Å². The molecule has 1 aliphatic heterocycles. The summed E-state index contributed by atoms with van der Waals surface area (Å²) in [6.07, 6.45) is -2.24. The van der Waals surface area contributed by atoms with E-state index < -0.39 is 34.3 Å². The Bertz CT molecular complexity index is 1310. The molecule has 0 radical (unpaired) electrons. The van der Waals surface area contributed by atoms with Gasteiger partial charge in [0.1, 0.15) is 11.3 Å². The van der Waals surface area contributed by atoms with Gasteiger partial charge in [0.2, 0.25) is 0 Å². The largest absolute Gasteiger partial charge is 0.417 e. The average Bonchev–Trinajstić information content (AvgIpc) is 2.80. The second-order valence-electron chi connectivity index (χ2n) is 7.80. The van der Waals surface area contributed by atoms with Crippen molar-refractivity contribution in [3.63, 3.8) is 0 Å². The number of fused-ring (bicyclic) bond motifs is 1. The summed E-state index contributed by atoms with van der Waals surface area (Å²) >= 11 is 0. The van der Waals surface area contributed by atoms with E-state index in [4.69, 9.17) is 0 Å². The van der Waals surface area contributed by atoms with Gasteiger partial charge in [-0.05, 0) is 31.0 Å². The van der Waals surface area contributed by atoms with Crippen molar-refractivity contribution in [3.05, 3.63) is 68.3 Å². The number of halogens is 3. The van der Waals surface area contributed by atoms with Gasteiger partial charge in [-0.25, -0.2) is 9.78 Å². The Morgan fingerprint density at radius 3 is 2.56 bits per heavy atom. The van der Waals surface area contributed by atoms with Gasteiger partial charge in [-0.3, -0.25) is 23.7 Å². The van der Waals surface area contributed by atoms with Crippen molar-refractivity contribution in [2.45, 2.75) is 24.9 Å². The van der Waals surface area contributed by atoms with Crippen LogP contribution >= 0.6 is 0 Å². The Morgan fingerprint density at radius 2 is 1.91 bits per heavy atom. The molecule has 1 atom stereocenters. The van der Waals surface area contributed by atoms with E-state index in [1.807, 2.05) is 0 Å². The summed E-state index contributed by atoms with van der Waals surface area (Å²) in [4.78, 5) is 47.5. The Morgan fingerprint density at radius 1 is 1.16 bits per heavy atom. The van der Waals surface area contributed by atoms with Crippen LogP contribution in [0.4, 0.5) is 13.2 Å². The maximum Gasteiger partial charge on any atom is 0.417 e. The zero-order valence-corrected chi connectivity index (χ0v) is 17.4. The normalized spacial score (nSPS) is 17.0. The number of aryl methyl sites for hydroxylation is 1. The van der Waals surface area contributed by atoms with Gasteiger partial charge in [0.15, 0.2) is 0 Å². The van der Waals surface area contributed by atoms with Crippen LogP contribution in [-0.2, 0) is 20.3 Å². The van der Waals surface area contributed by atoms with E-state index in [1.54, 1.807) is 23.1 Å². The first-order valence-corrected chi connectivity index (χ1v) is 9.97. The molecule has 8 nitrogen and oxygen atoms in total. The SMILES string of the molecule is Cn1c(=O)c2c(C(F)(F)F)cc([C@@H]3CCCN(C(=O)c4ccccn4)C3)nc2n(C)c1=O. The summed E-state index contributed by atoms with van der Waals surface area (Å²) in [7, 11) is 2.40. The van der Waals surface area contributed by atoms with Crippen molar-refractivity contribution in [2.75, 3.05) is 13.1 Å². The molecule has 3 aromatic rings. The molecule has 11 heteroatoms. The Labute approximate surface area is 179 Å². The van der Waals surface area contributed by atoms with Crippen molar-refractivity contribution in [1.82, 2.24) is 24.0 Å². The highest BCUT2D eigenvalue weighted by Crippen LogP contribution is 2.36. The Balaban J connectivity index is 1.82. The predicted molar refractivity (Wildman–Crippen MR) is 109 cm³/mol. The number of hydrogen-bond acceptors (Lipinski definition) is 5. The lowest BCUT2D eigenvalue weighted by Crippen LogP contribution is -2.40. The minimum atomic E-state index is -4.82. The smallest absolute Gasteiger partial charge is 0.337 e. The number of amides is 1. The van der Waals surface area contributed by atoms with Gasteiger partial charge in [-0.2, -0.15) is 13.2 Å². The first-order chi connectivity index (χ1) is 15.1. The molecule has 1 amide bonds. The fourth-order valence-electron chi connectivity index (χ4n) is 4.06. The summed E-state index contributed by atoms with van der Waals surface area (Å²) in [6, 6.07) is 5.81. The highest BCUT2D eigenvalue weighted by molar-refractivity contribution is 5.92. The van der Waals surface area contributed by atoms with E-state index in [9.17, 15) is 27.6 Å². The molecule has 0 saturated carbocycles. The van der Waals surface area contributed by atoms with E-state index >= 15 is 0 Å². The standard InChI is InChI=1S/C21H20F3N5O3/c1-27-17-16(19(31)28(2)20(27)32)13(21(22,23)24)10-15(26-17)12-6-5-9-29(11-12)18(30)14-7-3-4-8-25-14/h3-4,7-8,10,12H,5-6,9,11H2,1-2H3/t12-/m1/s1. The highest BCUT2D eigenvalue weighted by atomic mass is 19.4. The molecule has 0 unspecified atom stereocenters. The molecule has 0 spiro atoms. The summed E-state index contributed by atoms with van der Waals surface area (Å²) in [6.45, 7) is 0.606. The fraction of sp³-hybridized carbons (Fsp3) is 0.381. The van der Waals surface area contributed by atoms with Crippen LogP contribution in [0.2, 0.25) is 0 Å². The van der Waals surface area contributed by atoms with Crippen LogP contribution in [-0.4, -0.2) is 43.0 Å². The fourth-order valence-corrected chi connectivity index (χ4v) is 4.06. The number of pyridine rings is 2. The van der Waals surface area contributed by atoms with E-state index in [2.05, 4.69) is 9.97 Å². The Hall–Kier alpha value is -3.50. The topological polar surface area (TPSA) is 90.1 Å². The molecule has 3 aromatic heterocycles. The van der Waals surface area contributed by atoms with Crippen LogP contribution in [0.5, 0.6) is 0 Å². The highest BCUT2D eigenvalue weighted by Gasteiger charge is 2.37. The van der Waals surface area contributed by atoms with E-state index in [0.717, 1.165) is 17.7 Å². The molecule has 1 aliphatic rings. The van der Waals surface area contributed by atoms with Crippen molar-refractivity contribution in [3.8, 4) is 0 Å². The van der Waals surface area contributed by atoms with Gasteiger partial charge in [0, 0.05) is 45.0 Å². The Kier molecular flexibility index (Phi) is 5.35. The van der Waals surface area contributed by atoms with E-state index in [-0.39, 0.29) is 29.5 Å². The minimum Gasteiger partial charge on any atom is -0.337 e. The maximum atomic E-state index is 13.9. The van der Waals surface area contributed by atoms with Gasteiger partial charge in [0.05, 0.1) is 10.9 Å². The third kappa shape index (κ3) is 3.67. The zero-order chi connectivity index (χ0) is 23.2. The lowest BCUT2D eigenvalue weighted by molar-refractivity contribution is -0.136. The van der Waals surface area contributed by atoms with Gasteiger partial charge in [0.25, 0.3) is 11.5 Å². The van der Waals surface area contributed by atoms with E-state index in [1.165, 1.54) is 13.2 Å². The number of aromatic nitrogens is 4. The van der Waals surface area contributed by atoms with Crippen LogP contribution in [0.25, 0.3) is 11.0 Å². The molecule has 32 heavy (non-hydrogen) atoms. The van der Waals surface area contributed by atoms with Crippen LogP contribution in [0, 0.1) is 0 Å². The summed E-state index contributed by atoms with van der Waals surface area (Å²) < 4.78 is 43.3. The summed E-state index contributed by atoms with van der Waals surface area (Å²) in [5, 5.41) is -0.650. The van der Waals surface area contributed by atoms with Crippen molar-refractivity contribution in [2.24, 2.45) is 14.1 Å². The number of carbonyl (C=O) groups excluding carboxylic acids is 1. The molecule has 0 aromatic carbocycles. The van der Waals surface area contributed by atoms with Crippen molar-refractivity contribution >= 4 is 16.9 Å². The predicted octanol–water partition coefficient (Wildman–Crippen LogP) is 2.07. The molecule has 0 aliphatic carbocycles. The third-order valence-electron chi connectivity index (χ3n) is 5.75. The number of hydrogen-bond donors (Lipinski definition) is 0. The molecular weight excluding hydrogens is 427 g/mol. The third-order valence-corrected chi connectivity index (χ3v) is 5.75. The molecule has 0 bridgehead atoms. The minimum absolute atomic E-state index is 0.0894. The summed E-state index contributed by atoms with van der Waals surface area (Å²) in [5.74, 6) is -0.797. The van der Waals surface area contributed by atoms with Gasteiger partial charge < -0.3 is 4.90 Å². The number of carbonyl (C=O) groups is 1. The molecule has 4 rings (SSSR count). The van der Waals surface area contributed by atoms with E-state index in [0.29, 0.717) is 24.0 Å². The van der Waals surface area contributed by atoms with Crippen LogP contribution in [0.3, 0.4) is 0 Å². The number of nitrogens with zero attached hydrogens (tertiary/aromatic N) is 5. The molecular formula is C21H20F3N5O3. The first kappa shape index (κ1) is 21.7. The molecule has 0 N–H and O–H groups in total. The average molecular weight is 447 g/mol. The second-order valence-corrected chi connectivity index (χ2v) is 7.80. The first-order valence-electron chi connectivity index (χ1n) is 9.97. The van der Waals surface area contributed by atoms with Gasteiger partial charge in [-0.1, -0.05) is 6.07 Å². The lowest BCUT2D eigenvalue weighted by atomic mass is 9.92. The zero-order valence-electron chi connectivity index (χ0n) is 17.4. The van der Waals surface area contributed by atoms with Crippen LogP contribution in [0.15, 0.2) is 40.1 Å². The van der Waals surface area contributed by atoms with Gasteiger partial charge >= 0.3 is 11.9 Å². The van der Waals surface area contributed by atoms with Crippen LogP contribution in [0.1, 0.15) is 40.5 Å². The molecule has 1 saturated heterocycles.